The van der Waals surface area contributed by atoms with Crippen molar-refractivity contribution < 1.29 is 24.5 Å². The van der Waals surface area contributed by atoms with Gasteiger partial charge in [-0.05, 0) is 31.2 Å². The van der Waals surface area contributed by atoms with Crippen LogP contribution in [-0.2, 0) is 4.74 Å². The molecule has 110 valence electrons. The molecule has 1 fully saturated rings. The van der Waals surface area contributed by atoms with E-state index in [4.69, 9.17) is 19.7 Å². The first-order valence-corrected chi connectivity index (χ1v) is 6.60. The highest BCUT2D eigenvalue weighted by Gasteiger charge is 2.31. The van der Waals surface area contributed by atoms with E-state index in [1.807, 2.05) is 0 Å². The standard InChI is InChI=1S/C14H19NO5/c1-10(17)6-7-19-12-4-2-11(3-5-12)15-8-13(9-16)20-14(15)18/h2-5,10,13,16-17H,6-9H2,1H3/t10-,13?/m0/s1. The molecule has 2 N–H and O–H groups in total. The molecule has 20 heavy (non-hydrogen) atoms. The lowest BCUT2D eigenvalue weighted by Crippen LogP contribution is -2.25. The summed E-state index contributed by atoms with van der Waals surface area (Å²) < 4.78 is 10.4. The summed E-state index contributed by atoms with van der Waals surface area (Å²) in [6.45, 7) is 2.32. The van der Waals surface area contributed by atoms with E-state index in [9.17, 15) is 4.79 Å². The number of rotatable bonds is 6. The summed E-state index contributed by atoms with van der Waals surface area (Å²) in [5, 5.41) is 18.1. The van der Waals surface area contributed by atoms with Crippen LogP contribution in [0.15, 0.2) is 24.3 Å². The normalized spacial score (nSPS) is 19.9. The third-order valence-electron chi connectivity index (χ3n) is 3.03. The second-order valence-electron chi connectivity index (χ2n) is 4.78. The lowest BCUT2D eigenvalue weighted by Gasteiger charge is -2.14. The van der Waals surface area contributed by atoms with Gasteiger partial charge in [0.25, 0.3) is 0 Å². The van der Waals surface area contributed by atoms with Crippen molar-refractivity contribution in [1.82, 2.24) is 0 Å². The number of nitrogens with zero attached hydrogens (tertiary/aromatic N) is 1. The van der Waals surface area contributed by atoms with Crippen molar-refractivity contribution in [3.63, 3.8) is 0 Å². The number of amides is 1. The van der Waals surface area contributed by atoms with Crippen LogP contribution < -0.4 is 9.64 Å². The van der Waals surface area contributed by atoms with E-state index in [0.29, 0.717) is 31.0 Å². The number of hydrogen-bond donors (Lipinski definition) is 2. The Morgan fingerprint density at radius 2 is 2.15 bits per heavy atom. The molecular weight excluding hydrogens is 262 g/mol. The zero-order chi connectivity index (χ0) is 14.5. The average Bonchev–Trinajstić information content (AvgIpc) is 2.80. The molecule has 6 nitrogen and oxygen atoms in total. The largest absolute Gasteiger partial charge is 0.493 e. The van der Waals surface area contributed by atoms with Crippen molar-refractivity contribution in [3.05, 3.63) is 24.3 Å². The SMILES string of the molecule is C[C@H](O)CCOc1ccc(N2CC(CO)OC2=O)cc1. The lowest BCUT2D eigenvalue weighted by atomic mass is 10.2. The molecule has 0 aliphatic carbocycles. The van der Waals surface area contributed by atoms with Crippen molar-refractivity contribution in [2.45, 2.75) is 25.6 Å². The molecule has 2 rings (SSSR count). The fourth-order valence-corrected chi connectivity index (χ4v) is 1.90. The number of cyclic esters (lactones) is 1. The Bertz CT molecular complexity index is 445. The predicted molar refractivity (Wildman–Crippen MR) is 72.9 cm³/mol. The first kappa shape index (κ1) is 14.6. The summed E-state index contributed by atoms with van der Waals surface area (Å²) in [6.07, 6.45) is -0.737. The Morgan fingerprint density at radius 3 is 2.70 bits per heavy atom. The Morgan fingerprint density at radius 1 is 1.45 bits per heavy atom. The number of aliphatic hydroxyl groups excluding tert-OH is 2. The highest BCUT2D eigenvalue weighted by atomic mass is 16.6. The van der Waals surface area contributed by atoms with Crippen molar-refractivity contribution in [2.75, 3.05) is 24.7 Å². The summed E-state index contributed by atoms with van der Waals surface area (Å²) in [6, 6.07) is 7.05. The molecule has 0 radical (unpaired) electrons. The first-order chi connectivity index (χ1) is 9.60. The number of aliphatic hydroxyl groups is 2. The molecule has 1 aromatic rings. The second-order valence-corrected chi connectivity index (χ2v) is 4.78. The van der Waals surface area contributed by atoms with Gasteiger partial charge < -0.3 is 19.7 Å². The van der Waals surface area contributed by atoms with Gasteiger partial charge in [-0.1, -0.05) is 0 Å². The molecule has 0 aromatic heterocycles. The van der Waals surface area contributed by atoms with Crippen LogP contribution in [-0.4, -0.2) is 48.3 Å². The smallest absolute Gasteiger partial charge is 0.414 e. The van der Waals surface area contributed by atoms with Gasteiger partial charge in [-0.25, -0.2) is 4.79 Å². The number of hydrogen-bond acceptors (Lipinski definition) is 5. The van der Waals surface area contributed by atoms with Crippen molar-refractivity contribution in [3.8, 4) is 5.75 Å². The van der Waals surface area contributed by atoms with E-state index >= 15 is 0 Å². The molecule has 2 atom stereocenters. The Balaban J connectivity index is 1.93. The minimum atomic E-state index is -0.468. The zero-order valence-corrected chi connectivity index (χ0v) is 11.4. The molecule has 0 saturated carbocycles. The minimum Gasteiger partial charge on any atom is -0.493 e. The van der Waals surface area contributed by atoms with Gasteiger partial charge in [0.2, 0.25) is 0 Å². The van der Waals surface area contributed by atoms with Crippen LogP contribution in [0, 0.1) is 0 Å². The maximum atomic E-state index is 11.6. The van der Waals surface area contributed by atoms with Crippen molar-refractivity contribution in [2.24, 2.45) is 0 Å². The molecule has 1 aliphatic rings. The molecule has 1 saturated heterocycles. The van der Waals surface area contributed by atoms with E-state index in [1.54, 1.807) is 31.2 Å². The maximum Gasteiger partial charge on any atom is 0.414 e. The third kappa shape index (κ3) is 3.61. The number of benzene rings is 1. The molecule has 6 heteroatoms. The van der Waals surface area contributed by atoms with Crippen LogP contribution in [0.5, 0.6) is 5.75 Å². The molecule has 1 aliphatic heterocycles. The molecular formula is C14H19NO5. The van der Waals surface area contributed by atoms with Crippen LogP contribution in [0.4, 0.5) is 10.5 Å². The Hall–Kier alpha value is -1.79. The Kier molecular flexibility index (Phi) is 4.81. The van der Waals surface area contributed by atoms with E-state index in [-0.39, 0.29) is 12.7 Å². The summed E-state index contributed by atoms with van der Waals surface area (Å²) in [5.74, 6) is 0.681. The zero-order valence-electron chi connectivity index (χ0n) is 11.4. The maximum absolute atomic E-state index is 11.6. The number of anilines is 1. The highest BCUT2D eigenvalue weighted by Crippen LogP contribution is 2.24. The molecule has 0 spiro atoms. The van der Waals surface area contributed by atoms with Gasteiger partial charge in [0.1, 0.15) is 11.9 Å². The van der Waals surface area contributed by atoms with E-state index in [1.165, 1.54) is 4.90 Å². The predicted octanol–water partition coefficient (Wildman–Crippen LogP) is 1.15. The molecule has 1 heterocycles. The first-order valence-electron chi connectivity index (χ1n) is 6.60. The fraction of sp³-hybridized carbons (Fsp3) is 0.500. The number of carbonyl (C=O) groups is 1. The average molecular weight is 281 g/mol. The van der Waals surface area contributed by atoms with Crippen LogP contribution in [0.25, 0.3) is 0 Å². The third-order valence-corrected chi connectivity index (χ3v) is 3.03. The molecule has 1 amide bonds. The summed E-state index contributed by atoms with van der Waals surface area (Å²) in [4.78, 5) is 13.1. The van der Waals surface area contributed by atoms with Gasteiger partial charge in [-0.2, -0.15) is 0 Å². The second kappa shape index (κ2) is 6.58. The van der Waals surface area contributed by atoms with E-state index in [2.05, 4.69) is 0 Å². The minimum absolute atomic E-state index is 0.178. The van der Waals surface area contributed by atoms with Crippen molar-refractivity contribution in [1.29, 1.82) is 0 Å². The van der Waals surface area contributed by atoms with Gasteiger partial charge in [-0.3, -0.25) is 4.90 Å². The molecule has 1 aromatic carbocycles. The molecule has 1 unspecified atom stereocenters. The lowest BCUT2D eigenvalue weighted by molar-refractivity contribution is 0.0963. The Labute approximate surface area is 117 Å². The topological polar surface area (TPSA) is 79.2 Å². The quantitative estimate of drug-likeness (QED) is 0.818. The highest BCUT2D eigenvalue weighted by molar-refractivity contribution is 5.89. The fourth-order valence-electron chi connectivity index (χ4n) is 1.90. The number of carbonyl (C=O) groups excluding carboxylic acids is 1. The molecule has 0 bridgehead atoms. The van der Waals surface area contributed by atoms with Gasteiger partial charge in [0.05, 0.1) is 25.9 Å². The summed E-state index contributed by atoms with van der Waals surface area (Å²) >= 11 is 0. The van der Waals surface area contributed by atoms with Crippen LogP contribution in [0.3, 0.4) is 0 Å². The van der Waals surface area contributed by atoms with E-state index in [0.717, 1.165) is 0 Å². The monoisotopic (exact) mass is 281 g/mol. The van der Waals surface area contributed by atoms with Crippen LogP contribution in [0.2, 0.25) is 0 Å². The summed E-state index contributed by atoms with van der Waals surface area (Å²) in [7, 11) is 0. The van der Waals surface area contributed by atoms with Crippen LogP contribution >= 0.6 is 0 Å². The van der Waals surface area contributed by atoms with Gasteiger partial charge in [0, 0.05) is 12.1 Å². The van der Waals surface area contributed by atoms with Gasteiger partial charge >= 0.3 is 6.09 Å². The van der Waals surface area contributed by atoms with Crippen LogP contribution in [0.1, 0.15) is 13.3 Å². The van der Waals surface area contributed by atoms with Gasteiger partial charge in [-0.15, -0.1) is 0 Å². The number of ether oxygens (including phenoxy) is 2. The van der Waals surface area contributed by atoms with Crippen molar-refractivity contribution >= 4 is 11.8 Å². The van der Waals surface area contributed by atoms with Gasteiger partial charge in [0.15, 0.2) is 0 Å². The van der Waals surface area contributed by atoms with E-state index < -0.39 is 12.2 Å². The summed E-state index contributed by atoms with van der Waals surface area (Å²) in [5.41, 5.74) is 0.703.